The Kier molecular flexibility index (Phi) is 20.5. The lowest BCUT2D eigenvalue weighted by atomic mass is 10.1. The van der Waals surface area contributed by atoms with Crippen molar-refractivity contribution < 1.29 is 75.6 Å². The van der Waals surface area contributed by atoms with Crippen molar-refractivity contribution in [3.05, 3.63) is 118 Å². The van der Waals surface area contributed by atoms with Crippen LogP contribution in [0.15, 0.2) is 136 Å². The van der Waals surface area contributed by atoms with Gasteiger partial charge in [0.25, 0.3) is 40.5 Å². The molecule has 0 aromatic heterocycles. The number of amides is 2. The van der Waals surface area contributed by atoms with Gasteiger partial charge in [-0.05, 0) is 148 Å². The lowest BCUT2D eigenvalue weighted by molar-refractivity contribution is 0.262. The molecular weight excluding hydrogens is 1150 g/mol. The molecule has 6 aromatic carbocycles. The zero-order chi connectivity index (χ0) is 60.3. The first-order valence-electron chi connectivity index (χ1n) is 24.1. The summed E-state index contributed by atoms with van der Waals surface area (Å²) in [6.07, 6.45) is -0.188. The minimum Gasteiger partial charge on any atom is -0.497 e. The van der Waals surface area contributed by atoms with Gasteiger partial charge in [0.2, 0.25) is 0 Å². The van der Waals surface area contributed by atoms with Crippen LogP contribution in [0.3, 0.4) is 0 Å². The summed E-state index contributed by atoms with van der Waals surface area (Å²) in [5.74, 6) is -0.712. The van der Waals surface area contributed by atoms with Gasteiger partial charge in [-0.3, -0.25) is 18.2 Å². The molecule has 0 aliphatic heterocycles. The van der Waals surface area contributed by atoms with Crippen molar-refractivity contribution in [3.63, 3.8) is 0 Å². The Labute approximate surface area is 472 Å². The fourth-order valence-corrected chi connectivity index (χ4v) is 9.63. The number of hydrogen-bond acceptors (Lipinski definition) is 21. The highest BCUT2D eigenvalue weighted by Crippen LogP contribution is 2.41. The van der Waals surface area contributed by atoms with Crippen LogP contribution >= 0.6 is 0 Å². The van der Waals surface area contributed by atoms with Crippen molar-refractivity contribution >= 4 is 103 Å². The molecule has 0 spiro atoms. The molecule has 0 saturated heterocycles. The highest BCUT2D eigenvalue weighted by Gasteiger charge is 2.21. The van der Waals surface area contributed by atoms with E-state index in [-0.39, 0.29) is 83.2 Å². The third-order valence-electron chi connectivity index (χ3n) is 11.7. The van der Waals surface area contributed by atoms with Crippen LogP contribution in [0.4, 0.5) is 61.7 Å². The van der Waals surface area contributed by atoms with Crippen molar-refractivity contribution in [1.82, 2.24) is 0 Å². The minimum absolute atomic E-state index is 0.0813. The highest BCUT2D eigenvalue weighted by atomic mass is 32.2. The third kappa shape index (κ3) is 17.9. The van der Waals surface area contributed by atoms with Gasteiger partial charge in [0.05, 0.1) is 61.7 Å². The Balaban J connectivity index is 1.20. The summed E-state index contributed by atoms with van der Waals surface area (Å²) in [6, 6.07) is 19.7. The summed E-state index contributed by atoms with van der Waals surface area (Å²) >= 11 is 0. The maximum absolute atomic E-state index is 13.5. The molecule has 31 heteroatoms. The molecular formula is C51H56N10O17S4. The fourth-order valence-electron chi connectivity index (χ4n) is 7.39. The molecule has 0 aliphatic rings. The van der Waals surface area contributed by atoms with Crippen molar-refractivity contribution in [2.24, 2.45) is 40.9 Å². The molecule has 0 aliphatic carbocycles. The SMILES string of the molecule is COc1ccc(N=Nc2cc(OCCCS(=O)(=O)O)c(N=Nc3cc(C)c(NC(=O)Nc4cc(C)c(N=Nc5cc(C)c(N=Nc6ccc(OC)cc6S(=O)(=O)O)cc5OCCCS(=O)(=O)O)cc4C)cc3C)cc2C)c(S(=O)(=O)O)c1. The van der Waals surface area contributed by atoms with Gasteiger partial charge in [-0.25, -0.2) is 4.79 Å². The fraction of sp³-hybridized carbons (Fsp3) is 0.275. The summed E-state index contributed by atoms with van der Waals surface area (Å²) in [7, 11) is -15.4. The molecule has 0 fully saturated rings. The van der Waals surface area contributed by atoms with Crippen LogP contribution in [0.1, 0.15) is 46.2 Å². The van der Waals surface area contributed by atoms with Crippen LogP contribution in [-0.4, -0.2) is 96.9 Å². The molecule has 82 heavy (non-hydrogen) atoms. The maximum atomic E-state index is 13.5. The second-order valence-electron chi connectivity index (χ2n) is 18.1. The average Bonchev–Trinajstić information content (AvgIpc) is 3.61. The quantitative estimate of drug-likeness (QED) is 0.0186. The number of urea groups is 1. The summed E-state index contributed by atoms with van der Waals surface area (Å²) in [4.78, 5) is 12.4. The number of nitrogens with one attached hydrogen (secondary N) is 2. The predicted molar refractivity (Wildman–Crippen MR) is 302 cm³/mol. The Morgan fingerprint density at radius 1 is 0.415 bits per heavy atom. The number of nitrogens with zero attached hydrogens (tertiary/aromatic N) is 8. The molecule has 0 atom stereocenters. The van der Waals surface area contributed by atoms with E-state index in [4.69, 9.17) is 18.9 Å². The number of hydrogen-bond donors (Lipinski definition) is 6. The van der Waals surface area contributed by atoms with Gasteiger partial charge in [-0.15, -0.1) is 20.5 Å². The van der Waals surface area contributed by atoms with Crippen molar-refractivity contribution in [2.45, 2.75) is 64.2 Å². The van der Waals surface area contributed by atoms with Gasteiger partial charge < -0.3 is 29.6 Å². The minimum atomic E-state index is -4.73. The Morgan fingerprint density at radius 3 is 1.05 bits per heavy atom. The van der Waals surface area contributed by atoms with Crippen LogP contribution < -0.4 is 29.6 Å². The standard InChI is InChI=1S/C51H56N10O17S4/c1-29-21-41(56-60-45-23-33(5)43(27-47(45)77-15-9-17-79(63,64)65)58-54-37-13-11-35(75-7)25-49(37)81(69,70)71)31(3)19-39(29)52-51(62)53-40-20-32(4)42(22-30(40)2)57-61-46-24-34(6)44(28-48(46)78-16-10-18-80(66,67)68)59-55-38-14-12-36(76-8)26-50(38)82(72,73)74/h11-14,19-28H,9-10,15-18H2,1-8H3,(H2,52,53,62)(H,63,64,65)(H,66,67,68)(H,69,70,71)(H,72,73,74). The van der Waals surface area contributed by atoms with E-state index in [1.807, 2.05) is 0 Å². The largest absolute Gasteiger partial charge is 0.497 e. The molecule has 0 bridgehead atoms. The topological polar surface area (TPSA) is 394 Å². The van der Waals surface area contributed by atoms with Gasteiger partial charge in [-0.1, -0.05) is 0 Å². The van der Waals surface area contributed by atoms with Crippen LogP contribution in [0, 0.1) is 41.5 Å². The van der Waals surface area contributed by atoms with Crippen LogP contribution in [0.2, 0.25) is 0 Å². The monoisotopic (exact) mass is 1210 g/mol. The van der Waals surface area contributed by atoms with Crippen LogP contribution in [-0.2, 0) is 40.5 Å². The molecule has 0 radical (unpaired) electrons. The molecule has 27 nitrogen and oxygen atoms in total. The average molecular weight is 1210 g/mol. The third-order valence-corrected chi connectivity index (χ3v) is 15.1. The highest BCUT2D eigenvalue weighted by molar-refractivity contribution is 7.86. The van der Waals surface area contributed by atoms with Crippen molar-refractivity contribution in [1.29, 1.82) is 0 Å². The molecule has 6 N–H and O–H groups in total. The molecule has 6 aromatic rings. The molecule has 436 valence electrons. The molecule has 0 unspecified atom stereocenters. The lowest BCUT2D eigenvalue weighted by Gasteiger charge is -2.14. The van der Waals surface area contributed by atoms with E-state index in [0.717, 1.165) is 12.1 Å². The van der Waals surface area contributed by atoms with E-state index in [1.54, 1.807) is 77.9 Å². The second kappa shape index (κ2) is 26.6. The van der Waals surface area contributed by atoms with Gasteiger partial charge in [0.15, 0.2) is 0 Å². The first kappa shape index (κ1) is 63.0. The number of azo groups is 4. The second-order valence-corrected chi connectivity index (χ2v) is 24.0. The number of ether oxygens (including phenoxy) is 4. The molecule has 0 saturated carbocycles. The first-order valence-corrected chi connectivity index (χ1v) is 30.2. The summed E-state index contributed by atoms with van der Waals surface area (Å²) in [5.41, 5.74) is 5.44. The zero-order valence-corrected chi connectivity index (χ0v) is 48.4. The summed E-state index contributed by atoms with van der Waals surface area (Å²) in [5, 5.41) is 39.8. The number of methoxy groups -OCH3 is 2. The van der Waals surface area contributed by atoms with Crippen molar-refractivity contribution in [2.75, 3.05) is 49.6 Å². The van der Waals surface area contributed by atoms with Crippen molar-refractivity contribution in [3.8, 4) is 23.0 Å². The number of carbonyl (C=O) groups is 1. The molecule has 2 amide bonds. The van der Waals surface area contributed by atoms with Crippen LogP contribution in [0.25, 0.3) is 0 Å². The maximum Gasteiger partial charge on any atom is 0.323 e. The van der Waals surface area contributed by atoms with E-state index >= 15 is 0 Å². The van der Waals surface area contributed by atoms with Gasteiger partial charge in [0, 0.05) is 35.6 Å². The van der Waals surface area contributed by atoms with E-state index < -0.39 is 67.8 Å². The van der Waals surface area contributed by atoms with E-state index in [2.05, 4.69) is 51.5 Å². The Morgan fingerprint density at radius 2 is 0.720 bits per heavy atom. The first-order chi connectivity index (χ1) is 38.4. The Hall–Kier alpha value is -8.17. The number of benzene rings is 6. The van der Waals surface area contributed by atoms with Gasteiger partial charge in [0.1, 0.15) is 55.5 Å². The van der Waals surface area contributed by atoms with Gasteiger partial charge >= 0.3 is 6.03 Å². The molecule has 0 heterocycles. The normalized spacial score (nSPS) is 12.4. The smallest absolute Gasteiger partial charge is 0.323 e. The lowest BCUT2D eigenvalue weighted by Crippen LogP contribution is -2.20. The predicted octanol–water partition coefficient (Wildman–Crippen LogP) is 12.7. The summed E-state index contributed by atoms with van der Waals surface area (Å²) in [6.45, 7) is 9.94. The van der Waals surface area contributed by atoms with E-state index in [0.29, 0.717) is 56.1 Å². The van der Waals surface area contributed by atoms with Gasteiger partial charge in [-0.2, -0.15) is 54.1 Å². The molecule has 6 rings (SSSR count). The van der Waals surface area contributed by atoms with Crippen LogP contribution in [0.5, 0.6) is 23.0 Å². The number of rotatable bonds is 24. The Bertz CT molecular complexity index is 3770. The number of anilines is 2. The number of aryl methyl sites for hydroxylation is 6. The van der Waals surface area contributed by atoms with E-state index in [1.165, 1.54) is 50.6 Å². The van der Waals surface area contributed by atoms with E-state index in [9.17, 15) is 56.7 Å². The zero-order valence-electron chi connectivity index (χ0n) is 45.1. The summed E-state index contributed by atoms with van der Waals surface area (Å²) < 4.78 is 154. The number of carbonyl (C=O) groups excluding carboxylic acids is 1.